The maximum Gasteiger partial charge on any atom is 0.408 e. The Morgan fingerprint density at radius 3 is 1.10 bits per heavy atom. The lowest BCUT2D eigenvalue weighted by molar-refractivity contribution is -0.346. The van der Waals surface area contributed by atoms with Gasteiger partial charge in [-0.05, 0) is 127 Å². The standard InChI is InChI=1S/C90H108N2O30S/c1-45-53(39-89(109)73(117-75(103)51-33-25-19-26-34-51)69-85(15,71(101)65(99)61(45)83(89,11)12)55(95)37-57-87(69,43-111-57)119-47(3)93)113-77(105)67(63(49-29-21-17-22-30-49)91-79(107)121-81(5,6)7)115-59(97)41-123-42-60(98)116-68(64(50-31-23-18-24-32-50)92-80(108)122-82(8,9)10)78(106)114-54-40-90(110)74(118-76(104)52-35-27-20-28-36-52)70-86(16,72(102)66(100)62(46(54)2)84(90,13)14)56(96)38-58-88(70,44-112-58)120-48(4)94/h17-36,53-58,63-70,73-74,95-96,99-100,109-110H,37-44H2,1-16H3,(H,91,107)(H,92,108)/t53-,54-,55-,56-,57+,58+,63-,64-,65+,66+,67+,68+,69-,70-,73-,74-,85+,86+,87-,88-,89+,90+/m0/s1. The van der Waals surface area contributed by atoms with Crippen molar-refractivity contribution in [2.45, 2.75) is 255 Å². The molecular formula is C90H108N2O30S. The van der Waals surface area contributed by atoms with Crippen molar-refractivity contribution in [2.24, 2.45) is 33.5 Å². The minimum Gasteiger partial charge on any atom is -0.455 e. The van der Waals surface area contributed by atoms with E-state index in [-0.39, 0.29) is 57.4 Å². The molecule has 2 saturated heterocycles. The highest BCUT2D eigenvalue weighted by Crippen LogP contribution is 2.67. The molecule has 4 aromatic rings. The number of esters is 8. The number of carbonyl (C=O) groups is 12. The Morgan fingerprint density at radius 1 is 0.488 bits per heavy atom. The summed E-state index contributed by atoms with van der Waals surface area (Å²) in [4.78, 5) is 177. The maximum absolute atomic E-state index is 15.8. The molecule has 12 rings (SSSR count). The molecule has 4 aromatic carbocycles. The molecule has 0 radical (unpaired) electrons. The summed E-state index contributed by atoms with van der Waals surface area (Å²) < 4.78 is 73.6. The van der Waals surface area contributed by atoms with E-state index >= 15 is 19.2 Å². The third-order valence-electron chi connectivity index (χ3n) is 26.0. The van der Waals surface area contributed by atoms with Crippen LogP contribution in [0.2, 0.25) is 0 Å². The van der Waals surface area contributed by atoms with Crippen molar-refractivity contribution in [3.8, 4) is 0 Å². The second-order valence-electron chi connectivity index (χ2n) is 36.6. The van der Waals surface area contributed by atoms with Crippen molar-refractivity contribution in [1.82, 2.24) is 10.6 Å². The fraction of sp³-hybridized carbons (Fsp3) is 0.556. The van der Waals surface area contributed by atoms with Crippen molar-refractivity contribution in [3.05, 3.63) is 166 Å². The number of nitrogens with one attached hydrogen (secondary N) is 2. The quantitative estimate of drug-likeness (QED) is 0.0216. The first kappa shape index (κ1) is 92.2. The Kier molecular flexibility index (Phi) is 25.6. The number of aliphatic hydroxyl groups excluding tert-OH is 4. The number of ether oxygens (including phenoxy) is 12. The third-order valence-corrected chi connectivity index (χ3v) is 26.9. The van der Waals surface area contributed by atoms with Gasteiger partial charge >= 0.3 is 59.9 Å². The number of ketones is 2. The summed E-state index contributed by atoms with van der Waals surface area (Å²) >= 11 is 0.502. The van der Waals surface area contributed by atoms with Crippen LogP contribution >= 0.6 is 11.8 Å². The molecule has 6 fully saturated rings. The molecule has 2 amide bonds. The van der Waals surface area contributed by atoms with Gasteiger partial charge in [-0.1, -0.05) is 125 Å². The summed E-state index contributed by atoms with van der Waals surface area (Å²) in [6.07, 6.45) is -26.8. The predicted octanol–water partition coefficient (Wildman–Crippen LogP) is 7.37. The molecule has 664 valence electrons. The van der Waals surface area contributed by atoms with E-state index in [4.69, 9.17) is 56.8 Å². The van der Waals surface area contributed by atoms with Crippen LogP contribution < -0.4 is 10.6 Å². The normalized spacial score (nSPS) is 32.5. The first-order valence-electron chi connectivity index (χ1n) is 40.7. The van der Waals surface area contributed by atoms with E-state index in [0.29, 0.717) is 11.8 Å². The number of hydrogen-bond donors (Lipinski definition) is 8. The molecule has 0 unspecified atom stereocenters. The lowest BCUT2D eigenvalue weighted by atomic mass is 9.44. The van der Waals surface area contributed by atoms with Crippen LogP contribution in [0.5, 0.6) is 0 Å². The summed E-state index contributed by atoms with van der Waals surface area (Å²) in [5.41, 5.74) is -20.1. The molecule has 4 bridgehead atoms. The van der Waals surface area contributed by atoms with Gasteiger partial charge in [0.25, 0.3) is 0 Å². The minimum atomic E-state index is -2.62. The zero-order valence-electron chi connectivity index (χ0n) is 71.3. The average molecular weight is 1730 g/mol. The van der Waals surface area contributed by atoms with E-state index in [0.717, 1.165) is 13.8 Å². The summed E-state index contributed by atoms with van der Waals surface area (Å²) in [6, 6.07) is 26.8. The first-order chi connectivity index (χ1) is 57.4. The van der Waals surface area contributed by atoms with Gasteiger partial charge in [-0.15, -0.1) is 11.8 Å². The Hall–Kier alpha value is -9.97. The van der Waals surface area contributed by atoms with Crippen molar-refractivity contribution in [1.29, 1.82) is 0 Å². The molecule has 4 saturated carbocycles. The van der Waals surface area contributed by atoms with Gasteiger partial charge in [0.2, 0.25) is 12.2 Å². The number of rotatable bonds is 22. The smallest absolute Gasteiger partial charge is 0.408 e. The zero-order valence-corrected chi connectivity index (χ0v) is 72.1. The van der Waals surface area contributed by atoms with Gasteiger partial charge in [-0.25, -0.2) is 28.8 Å². The molecule has 33 heteroatoms. The van der Waals surface area contributed by atoms with E-state index in [1.807, 2.05) is 0 Å². The number of benzene rings is 4. The van der Waals surface area contributed by atoms with Crippen molar-refractivity contribution < 1.29 is 145 Å². The second kappa shape index (κ2) is 34.2. The monoisotopic (exact) mass is 1730 g/mol. The Bertz CT molecular complexity index is 4550. The van der Waals surface area contributed by atoms with Crippen LogP contribution in [0, 0.1) is 33.5 Å². The third kappa shape index (κ3) is 16.8. The molecule has 22 atom stereocenters. The van der Waals surface area contributed by atoms with Crippen LogP contribution in [-0.2, 0) is 95.2 Å². The number of Topliss-reactive ketones (excluding diaryl/α,β-unsaturated/α-hetero) is 2. The van der Waals surface area contributed by atoms with Crippen LogP contribution in [0.1, 0.15) is 180 Å². The maximum atomic E-state index is 15.8. The summed E-state index contributed by atoms with van der Waals surface area (Å²) in [6.45, 7) is 21.9. The lowest BCUT2D eigenvalue weighted by Gasteiger charge is -2.67. The van der Waals surface area contributed by atoms with E-state index < -0.39 is 262 Å². The highest BCUT2D eigenvalue weighted by atomic mass is 32.2. The van der Waals surface area contributed by atoms with E-state index in [2.05, 4.69) is 10.6 Å². The van der Waals surface area contributed by atoms with Crippen LogP contribution in [0.25, 0.3) is 0 Å². The largest absolute Gasteiger partial charge is 0.455 e. The Balaban J connectivity index is 0.885. The molecule has 2 heterocycles. The molecule has 123 heavy (non-hydrogen) atoms. The van der Waals surface area contributed by atoms with E-state index in [1.54, 1.807) is 65.8 Å². The topological polar surface area (TPSA) is 461 Å². The SMILES string of the molecule is CC(=O)O[C@@]12CO[C@@H]1C[C@H](O)[C@@]1(C)C(=O)[C@H](O)C3=C(C)[C@@H](OC(=O)[C@H](OC(=O)CSCC(=O)O[C@@H](C(=O)O[C@H]4C[C@@]5(O)[C@@H](OC(=O)c6ccccc6)[C@@H]6[C@]7(OC(C)=O)CO[C@@H]7C[C@H](O)[C@@]6(C)C(=O)[C@H](O)C(=C4C)C5(C)C)[C@@H](NC(=O)OC(C)(C)C)c4ccccc4)[C@@H](NC(=O)OC(C)(C)C)c4ccccc4)C[C@@](O)([C@@H](OC(=O)c4ccccc4)[C@H]21)C3(C)C. The lowest BCUT2D eigenvalue weighted by Crippen LogP contribution is -2.81. The van der Waals surface area contributed by atoms with Crippen LogP contribution in [-0.4, -0.2) is 234 Å². The fourth-order valence-corrected chi connectivity index (χ4v) is 20.5. The van der Waals surface area contributed by atoms with Gasteiger partial charge in [-0.2, -0.15) is 0 Å². The van der Waals surface area contributed by atoms with Gasteiger partial charge in [-0.3, -0.25) is 28.8 Å². The molecule has 6 aliphatic carbocycles. The Labute approximate surface area is 715 Å². The van der Waals surface area contributed by atoms with Crippen molar-refractivity contribution >= 4 is 83.3 Å². The van der Waals surface area contributed by atoms with Crippen LogP contribution in [0.4, 0.5) is 9.59 Å². The highest BCUT2D eigenvalue weighted by molar-refractivity contribution is 8.00. The fourth-order valence-electron chi connectivity index (χ4n) is 19.9. The number of alkyl carbamates (subject to hydrolysis) is 2. The van der Waals surface area contributed by atoms with E-state index in [9.17, 15) is 69.0 Å². The number of aliphatic hydroxyl groups is 6. The van der Waals surface area contributed by atoms with Gasteiger partial charge < -0.3 is 98.1 Å². The van der Waals surface area contributed by atoms with Gasteiger partial charge in [0.15, 0.2) is 22.8 Å². The molecule has 0 spiro atoms. The van der Waals surface area contributed by atoms with Gasteiger partial charge in [0.05, 0.1) is 70.7 Å². The van der Waals surface area contributed by atoms with Crippen LogP contribution in [0.15, 0.2) is 144 Å². The number of fused-ring (bicyclic) bond motifs is 10. The molecule has 2 aliphatic heterocycles. The minimum absolute atomic E-state index is 0.0371. The molecule has 32 nitrogen and oxygen atoms in total. The molecular weight excluding hydrogens is 1620 g/mol. The Morgan fingerprint density at radius 2 is 0.805 bits per heavy atom. The molecule has 8 aliphatic rings. The molecule has 8 N–H and O–H groups in total. The first-order valence-corrected chi connectivity index (χ1v) is 41.9. The number of amides is 2. The van der Waals surface area contributed by atoms with Gasteiger partial charge in [0, 0.05) is 50.4 Å². The average Bonchev–Trinajstić information content (AvgIpc) is 0.672. The predicted molar refractivity (Wildman–Crippen MR) is 432 cm³/mol. The highest BCUT2D eigenvalue weighted by Gasteiger charge is 2.80. The second-order valence-corrected chi connectivity index (χ2v) is 37.6. The van der Waals surface area contributed by atoms with Crippen molar-refractivity contribution in [2.75, 3.05) is 24.7 Å². The zero-order chi connectivity index (χ0) is 90.2. The summed E-state index contributed by atoms with van der Waals surface area (Å²) in [7, 11) is 0. The van der Waals surface area contributed by atoms with Crippen LogP contribution in [0.3, 0.4) is 0 Å². The van der Waals surface area contributed by atoms with E-state index in [1.165, 1.54) is 152 Å². The number of thioether (sulfide) groups is 1. The van der Waals surface area contributed by atoms with Crippen molar-refractivity contribution in [3.63, 3.8) is 0 Å². The number of hydrogen-bond acceptors (Lipinski definition) is 31. The summed E-state index contributed by atoms with van der Waals surface area (Å²) in [5.74, 6) is -16.6. The number of carbonyl (C=O) groups excluding carboxylic acids is 12. The van der Waals surface area contributed by atoms with Gasteiger partial charge in [0.1, 0.15) is 83.3 Å². The summed E-state index contributed by atoms with van der Waals surface area (Å²) in [5, 5.41) is 83.6. The molecule has 0 aromatic heterocycles.